The number of benzene rings is 1. The summed E-state index contributed by atoms with van der Waals surface area (Å²) in [5, 5.41) is 10.6. The van der Waals surface area contributed by atoms with Crippen molar-refractivity contribution in [1.82, 2.24) is 4.40 Å². The molecule has 0 aliphatic carbocycles. The number of hydrogen-bond acceptors (Lipinski definition) is 4. The van der Waals surface area contributed by atoms with E-state index in [0.29, 0.717) is 5.88 Å². The van der Waals surface area contributed by atoms with E-state index in [1.54, 1.807) is 0 Å². The summed E-state index contributed by atoms with van der Waals surface area (Å²) in [5.74, 6) is -3.40. The highest BCUT2D eigenvalue weighted by Crippen LogP contribution is 2.35. The number of carbonyl (C=O) groups is 1. The van der Waals surface area contributed by atoms with Gasteiger partial charge in [-0.05, 0) is 6.07 Å². The van der Waals surface area contributed by atoms with Crippen molar-refractivity contribution in [3.63, 3.8) is 0 Å². The topological polar surface area (TPSA) is 68.0 Å². The number of nitrogens with zero attached hydrogens (tertiary/aromatic N) is 1. The summed E-state index contributed by atoms with van der Waals surface area (Å²) in [5.41, 5.74) is -1.21. The molecule has 0 bridgehead atoms. The van der Waals surface area contributed by atoms with E-state index in [4.69, 9.17) is 4.74 Å². The quantitative estimate of drug-likeness (QED) is 0.749. The van der Waals surface area contributed by atoms with Gasteiger partial charge in [0.25, 0.3) is 0 Å². The van der Waals surface area contributed by atoms with Gasteiger partial charge in [-0.15, -0.1) is 11.3 Å². The minimum atomic E-state index is -1.42. The van der Waals surface area contributed by atoms with Gasteiger partial charge in [0.05, 0.1) is 21.8 Å². The number of thiazole rings is 1. The number of halogens is 2. The van der Waals surface area contributed by atoms with Gasteiger partial charge in [-0.2, -0.15) is 0 Å². The van der Waals surface area contributed by atoms with Crippen LogP contribution < -0.4 is 10.2 Å². The molecule has 0 amide bonds. The number of aromatic nitrogens is 1. The van der Waals surface area contributed by atoms with Crippen LogP contribution in [0.3, 0.4) is 0 Å². The van der Waals surface area contributed by atoms with E-state index in [0.717, 1.165) is 17.4 Å². The number of ether oxygens (including phenoxy) is 1. The molecule has 5 nitrogen and oxygen atoms in total. The fourth-order valence-electron chi connectivity index (χ4n) is 2.59. The Hall–Kier alpha value is -2.48. The van der Waals surface area contributed by atoms with Crippen LogP contribution >= 0.6 is 11.3 Å². The second-order valence-corrected chi connectivity index (χ2v) is 5.42. The van der Waals surface area contributed by atoms with E-state index in [9.17, 15) is 23.5 Å². The van der Waals surface area contributed by atoms with E-state index in [-0.39, 0.29) is 27.9 Å². The molecule has 8 heteroatoms. The van der Waals surface area contributed by atoms with Crippen molar-refractivity contribution < 1.29 is 23.4 Å². The standard InChI is InChI=1S/C13H5F2NO4S/c14-6-1-4-10-5(9(6)15)2-20-7-3-21-12(16(7)10)8(11(4)17)13(18)19/h1,3H,2H2,(H,18,19). The first-order chi connectivity index (χ1) is 10.0. The lowest BCUT2D eigenvalue weighted by Gasteiger charge is -2.18. The average Bonchev–Trinajstić information content (AvgIpc) is 2.86. The predicted octanol–water partition coefficient (Wildman–Crippen LogP) is 2.38. The maximum atomic E-state index is 13.9. The van der Waals surface area contributed by atoms with Gasteiger partial charge in [-0.25, -0.2) is 13.6 Å². The van der Waals surface area contributed by atoms with Gasteiger partial charge in [0.2, 0.25) is 11.3 Å². The molecule has 4 rings (SSSR count). The third-order valence-electron chi connectivity index (χ3n) is 3.47. The second kappa shape index (κ2) is 3.79. The number of aromatic carboxylic acids is 1. The maximum Gasteiger partial charge on any atom is 0.342 e. The van der Waals surface area contributed by atoms with Crippen molar-refractivity contribution in [2.45, 2.75) is 6.61 Å². The largest absolute Gasteiger partial charge is 0.477 e. The number of carboxylic acid groups (broad SMARTS) is 1. The number of hydrogen-bond donors (Lipinski definition) is 1. The molecule has 0 radical (unpaired) electrons. The van der Waals surface area contributed by atoms with Crippen molar-refractivity contribution in [2.75, 3.05) is 0 Å². The lowest BCUT2D eigenvalue weighted by molar-refractivity contribution is 0.0697. The Morgan fingerprint density at radius 2 is 2.19 bits per heavy atom. The molecular formula is C13H5F2NO4S. The summed E-state index contributed by atoms with van der Waals surface area (Å²) in [6.07, 6.45) is 0. The molecule has 106 valence electrons. The van der Waals surface area contributed by atoms with Crippen molar-refractivity contribution >= 4 is 33.0 Å². The van der Waals surface area contributed by atoms with E-state index in [2.05, 4.69) is 0 Å². The van der Waals surface area contributed by atoms with Gasteiger partial charge in [0.1, 0.15) is 17.0 Å². The summed E-state index contributed by atoms with van der Waals surface area (Å²) in [4.78, 5) is 23.8. The summed E-state index contributed by atoms with van der Waals surface area (Å²) in [7, 11) is 0. The number of rotatable bonds is 1. The molecule has 3 heterocycles. The van der Waals surface area contributed by atoms with E-state index in [1.165, 1.54) is 9.78 Å². The molecular weight excluding hydrogens is 304 g/mol. The first-order valence-electron chi connectivity index (χ1n) is 5.83. The zero-order valence-electron chi connectivity index (χ0n) is 10.1. The molecule has 1 N–H and O–H groups in total. The Morgan fingerprint density at radius 1 is 1.43 bits per heavy atom. The van der Waals surface area contributed by atoms with Gasteiger partial charge in [0.15, 0.2) is 11.6 Å². The Kier molecular flexibility index (Phi) is 2.22. The summed E-state index contributed by atoms with van der Waals surface area (Å²) in [6.45, 7) is -0.211. The Labute approximate surface area is 118 Å². The molecule has 0 unspecified atom stereocenters. The summed E-state index contributed by atoms with van der Waals surface area (Å²) < 4.78 is 34.2. The molecule has 3 aromatic rings. The van der Waals surface area contributed by atoms with Crippen LogP contribution in [0.4, 0.5) is 8.78 Å². The van der Waals surface area contributed by atoms with E-state index >= 15 is 0 Å². The van der Waals surface area contributed by atoms with Crippen LogP contribution in [0.25, 0.3) is 15.7 Å². The fraction of sp³-hybridized carbons (Fsp3) is 0.0769. The van der Waals surface area contributed by atoms with Crippen LogP contribution in [0.5, 0.6) is 5.88 Å². The zero-order valence-corrected chi connectivity index (χ0v) is 11.0. The van der Waals surface area contributed by atoms with Crippen LogP contribution in [-0.4, -0.2) is 15.5 Å². The molecule has 2 aromatic heterocycles. The van der Waals surface area contributed by atoms with Gasteiger partial charge < -0.3 is 9.84 Å². The first kappa shape index (κ1) is 12.3. The third-order valence-corrected chi connectivity index (χ3v) is 4.40. The predicted molar refractivity (Wildman–Crippen MR) is 70.3 cm³/mol. The molecule has 0 saturated heterocycles. The Morgan fingerprint density at radius 3 is 2.90 bits per heavy atom. The Bertz CT molecular complexity index is 1020. The number of pyridine rings is 1. The van der Waals surface area contributed by atoms with E-state index < -0.39 is 28.6 Å². The zero-order chi connectivity index (χ0) is 14.9. The van der Waals surface area contributed by atoms with Crippen molar-refractivity contribution in [3.8, 4) is 5.88 Å². The minimum Gasteiger partial charge on any atom is -0.477 e. The van der Waals surface area contributed by atoms with Crippen LogP contribution in [0, 0.1) is 11.6 Å². The fourth-order valence-corrected chi connectivity index (χ4v) is 3.56. The molecule has 1 aromatic carbocycles. The van der Waals surface area contributed by atoms with E-state index in [1.807, 2.05) is 0 Å². The van der Waals surface area contributed by atoms with Crippen LogP contribution in [0.15, 0.2) is 16.2 Å². The first-order valence-corrected chi connectivity index (χ1v) is 6.71. The number of carboxylic acids is 1. The summed E-state index contributed by atoms with van der Waals surface area (Å²) in [6, 6.07) is 0.738. The molecule has 0 atom stereocenters. The molecule has 1 aliphatic heterocycles. The molecule has 21 heavy (non-hydrogen) atoms. The second-order valence-electron chi connectivity index (χ2n) is 4.56. The normalized spacial score (nSPS) is 13.0. The highest BCUT2D eigenvalue weighted by molar-refractivity contribution is 7.16. The molecule has 1 aliphatic rings. The smallest absolute Gasteiger partial charge is 0.342 e. The lowest BCUT2D eigenvalue weighted by Crippen LogP contribution is -2.21. The van der Waals surface area contributed by atoms with Gasteiger partial charge in [-0.3, -0.25) is 9.20 Å². The summed E-state index contributed by atoms with van der Waals surface area (Å²) >= 11 is 1.01. The van der Waals surface area contributed by atoms with Gasteiger partial charge in [0, 0.05) is 0 Å². The average molecular weight is 309 g/mol. The third kappa shape index (κ3) is 1.37. The lowest BCUT2D eigenvalue weighted by atomic mass is 10.1. The molecule has 0 fully saturated rings. The highest BCUT2D eigenvalue weighted by atomic mass is 32.1. The monoisotopic (exact) mass is 309 g/mol. The highest BCUT2D eigenvalue weighted by Gasteiger charge is 2.28. The minimum absolute atomic E-state index is 0.0834. The Balaban J connectivity index is 2.42. The van der Waals surface area contributed by atoms with Crippen molar-refractivity contribution in [3.05, 3.63) is 44.4 Å². The van der Waals surface area contributed by atoms with Crippen molar-refractivity contribution in [2.24, 2.45) is 0 Å². The SMILES string of the molecule is O=C(O)c1c(=O)c2cc(F)c(F)c3c2n2c(csc12)OC3. The van der Waals surface area contributed by atoms with Gasteiger partial charge in [-0.1, -0.05) is 0 Å². The van der Waals surface area contributed by atoms with Crippen LogP contribution in [0.1, 0.15) is 15.9 Å². The molecule has 0 spiro atoms. The van der Waals surface area contributed by atoms with Crippen LogP contribution in [0.2, 0.25) is 0 Å². The van der Waals surface area contributed by atoms with Crippen molar-refractivity contribution in [1.29, 1.82) is 0 Å². The maximum absolute atomic E-state index is 13.9. The van der Waals surface area contributed by atoms with Gasteiger partial charge >= 0.3 is 5.97 Å². The van der Waals surface area contributed by atoms with Crippen LogP contribution in [-0.2, 0) is 6.61 Å². The molecule has 0 saturated carbocycles.